The summed E-state index contributed by atoms with van der Waals surface area (Å²) >= 11 is 3.29. The molecule has 2 rings (SSSR count). The van der Waals surface area contributed by atoms with Crippen molar-refractivity contribution >= 4 is 35.3 Å². The lowest BCUT2D eigenvalue weighted by Crippen LogP contribution is -2.45. The summed E-state index contributed by atoms with van der Waals surface area (Å²) in [5.41, 5.74) is 2.74. The fourth-order valence-electron chi connectivity index (χ4n) is 3.03. The summed E-state index contributed by atoms with van der Waals surface area (Å²) in [6, 6.07) is 9.24. The van der Waals surface area contributed by atoms with Gasteiger partial charge in [-0.05, 0) is 43.3 Å². The van der Waals surface area contributed by atoms with Crippen molar-refractivity contribution in [3.05, 3.63) is 35.9 Å². The second kappa shape index (κ2) is 13.9. The lowest BCUT2D eigenvalue weighted by molar-refractivity contribution is -0.134. The monoisotopic (exact) mass is 442 g/mol. The minimum atomic E-state index is -0.505. The van der Waals surface area contributed by atoms with Crippen molar-refractivity contribution in [1.29, 1.82) is 0 Å². The summed E-state index contributed by atoms with van der Waals surface area (Å²) in [4.78, 5) is 25.0. The Bertz CT molecular complexity index is 614. The average Bonchev–Trinajstić information content (AvgIpc) is 2.76. The molecule has 1 fully saturated rings. The summed E-state index contributed by atoms with van der Waals surface area (Å²) in [6.07, 6.45) is 1.91. The SMILES string of the molecule is CCOCOCC(CC(Cc1ccccc1)C(=O)NO)NC(=O)C1SCCCS1. The lowest BCUT2D eigenvalue weighted by Gasteiger charge is -2.26. The molecule has 0 radical (unpaired) electrons. The number of hydrogen-bond acceptors (Lipinski definition) is 7. The predicted molar refractivity (Wildman–Crippen MR) is 116 cm³/mol. The van der Waals surface area contributed by atoms with E-state index < -0.39 is 11.8 Å². The first-order valence-electron chi connectivity index (χ1n) is 9.81. The molecule has 1 saturated heterocycles. The first-order valence-corrected chi connectivity index (χ1v) is 11.9. The van der Waals surface area contributed by atoms with Crippen LogP contribution < -0.4 is 10.8 Å². The highest BCUT2D eigenvalue weighted by Gasteiger charge is 2.28. The zero-order chi connectivity index (χ0) is 20.9. The molecule has 9 heteroatoms. The van der Waals surface area contributed by atoms with E-state index in [1.165, 1.54) is 0 Å². The quantitative estimate of drug-likeness (QED) is 0.198. The van der Waals surface area contributed by atoms with E-state index in [-0.39, 0.29) is 29.9 Å². The largest absolute Gasteiger partial charge is 0.356 e. The maximum absolute atomic E-state index is 12.7. The summed E-state index contributed by atoms with van der Waals surface area (Å²) in [7, 11) is 0. The van der Waals surface area contributed by atoms with Crippen molar-refractivity contribution in [3.8, 4) is 0 Å². The number of nitrogens with one attached hydrogen (secondary N) is 2. The van der Waals surface area contributed by atoms with E-state index in [0.29, 0.717) is 19.4 Å². The van der Waals surface area contributed by atoms with Crippen molar-refractivity contribution in [2.45, 2.75) is 36.8 Å². The molecule has 1 aliphatic rings. The van der Waals surface area contributed by atoms with Gasteiger partial charge < -0.3 is 14.8 Å². The topological polar surface area (TPSA) is 96.9 Å². The summed E-state index contributed by atoms with van der Waals surface area (Å²) in [5, 5.41) is 12.2. The Labute approximate surface area is 180 Å². The highest BCUT2D eigenvalue weighted by Crippen LogP contribution is 2.30. The highest BCUT2D eigenvalue weighted by atomic mass is 32.2. The van der Waals surface area contributed by atoms with Gasteiger partial charge in [0.1, 0.15) is 11.4 Å². The van der Waals surface area contributed by atoms with Gasteiger partial charge in [0, 0.05) is 12.5 Å². The van der Waals surface area contributed by atoms with Gasteiger partial charge in [0.05, 0.1) is 12.6 Å². The molecule has 0 spiro atoms. The molecule has 7 nitrogen and oxygen atoms in total. The first-order chi connectivity index (χ1) is 14.1. The Morgan fingerprint density at radius 1 is 1.21 bits per heavy atom. The van der Waals surface area contributed by atoms with Crippen LogP contribution in [0.15, 0.2) is 30.3 Å². The third kappa shape index (κ3) is 8.96. The van der Waals surface area contributed by atoms with Crippen LogP contribution in [-0.2, 0) is 25.5 Å². The van der Waals surface area contributed by atoms with Crippen LogP contribution >= 0.6 is 23.5 Å². The van der Waals surface area contributed by atoms with E-state index in [0.717, 1.165) is 23.5 Å². The van der Waals surface area contributed by atoms with Crippen LogP contribution in [0, 0.1) is 5.92 Å². The molecule has 1 aliphatic heterocycles. The predicted octanol–water partition coefficient (Wildman–Crippen LogP) is 2.43. The van der Waals surface area contributed by atoms with Crippen molar-refractivity contribution in [1.82, 2.24) is 10.8 Å². The molecule has 2 atom stereocenters. The third-order valence-electron chi connectivity index (χ3n) is 4.45. The highest BCUT2D eigenvalue weighted by molar-refractivity contribution is 8.18. The van der Waals surface area contributed by atoms with Gasteiger partial charge in [-0.3, -0.25) is 14.8 Å². The van der Waals surface area contributed by atoms with Gasteiger partial charge in [-0.15, -0.1) is 23.5 Å². The number of hydroxylamine groups is 1. The van der Waals surface area contributed by atoms with Crippen LogP contribution in [0.2, 0.25) is 0 Å². The van der Waals surface area contributed by atoms with Crippen LogP contribution in [0.5, 0.6) is 0 Å². The van der Waals surface area contributed by atoms with Crippen LogP contribution in [0.4, 0.5) is 0 Å². The fraction of sp³-hybridized carbons (Fsp3) is 0.600. The van der Waals surface area contributed by atoms with E-state index in [1.807, 2.05) is 37.3 Å². The normalized spacial score (nSPS) is 16.8. The number of hydrogen-bond donors (Lipinski definition) is 3. The van der Waals surface area contributed by atoms with E-state index >= 15 is 0 Å². The van der Waals surface area contributed by atoms with Gasteiger partial charge >= 0.3 is 0 Å². The van der Waals surface area contributed by atoms with Gasteiger partial charge in [-0.25, -0.2) is 5.48 Å². The molecule has 3 N–H and O–H groups in total. The number of benzene rings is 1. The Balaban J connectivity index is 2.02. The molecule has 162 valence electrons. The maximum Gasteiger partial charge on any atom is 0.246 e. The number of carbonyl (C=O) groups excluding carboxylic acids is 2. The molecule has 0 bridgehead atoms. The molecule has 29 heavy (non-hydrogen) atoms. The molecule has 0 aliphatic carbocycles. The van der Waals surface area contributed by atoms with Crippen molar-refractivity contribution in [3.63, 3.8) is 0 Å². The van der Waals surface area contributed by atoms with E-state index in [9.17, 15) is 14.8 Å². The third-order valence-corrected chi connectivity index (χ3v) is 7.35. The van der Waals surface area contributed by atoms with Gasteiger partial charge in [-0.1, -0.05) is 30.3 Å². The number of carbonyl (C=O) groups is 2. The minimum Gasteiger partial charge on any atom is -0.356 e. The molecular formula is C20H30N2O5S2. The second-order valence-electron chi connectivity index (χ2n) is 6.71. The summed E-state index contributed by atoms with van der Waals surface area (Å²) < 4.78 is 10.6. The molecular weight excluding hydrogens is 412 g/mol. The summed E-state index contributed by atoms with van der Waals surface area (Å²) in [6.45, 7) is 2.78. The molecule has 1 aromatic rings. The first kappa shape index (κ1) is 24.0. The molecule has 1 heterocycles. The second-order valence-corrected chi connectivity index (χ2v) is 9.44. The molecule has 2 amide bonds. The molecule has 2 unspecified atom stereocenters. The Kier molecular flexibility index (Phi) is 11.5. The molecule has 0 aromatic heterocycles. The zero-order valence-corrected chi connectivity index (χ0v) is 18.3. The molecule has 0 saturated carbocycles. The Morgan fingerprint density at radius 2 is 1.93 bits per heavy atom. The zero-order valence-electron chi connectivity index (χ0n) is 16.7. The fourth-order valence-corrected chi connectivity index (χ4v) is 5.66. The van der Waals surface area contributed by atoms with Gasteiger partial charge in [0.2, 0.25) is 11.8 Å². The number of amides is 2. The number of rotatable bonds is 12. The lowest BCUT2D eigenvalue weighted by atomic mass is 9.92. The van der Waals surface area contributed by atoms with Crippen LogP contribution in [-0.4, -0.2) is 59.2 Å². The van der Waals surface area contributed by atoms with E-state index in [2.05, 4.69) is 5.32 Å². The standard InChI is InChI=1S/C20H30N2O5S2/c1-2-26-14-27-13-17(21-19(24)20-28-9-6-10-29-20)12-16(18(23)22-25)11-15-7-4-3-5-8-15/h3-5,7-8,16-17,20,25H,2,6,9-14H2,1H3,(H,21,24)(H,22,23). The van der Waals surface area contributed by atoms with E-state index in [1.54, 1.807) is 29.0 Å². The van der Waals surface area contributed by atoms with Crippen LogP contribution in [0.25, 0.3) is 0 Å². The Hall–Kier alpha value is -1.26. The van der Waals surface area contributed by atoms with Gasteiger partial charge in [0.15, 0.2) is 0 Å². The maximum atomic E-state index is 12.7. The van der Waals surface area contributed by atoms with Crippen LogP contribution in [0.3, 0.4) is 0 Å². The summed E-state index contributed by atoms with van der Waals surface area (Å²) in [5.74, 6) is 0.919. The average molecular weight is 443 g/mol. The van der Waals surface area contributed by atoms with Crippen molar-refractivity contribution in [2.75, 3.05) is 31.5 Å². The number of thioether (sulfide) groups is 2. The smallest absolute Gasteiger partial charge is 0.246 e. The number of ether oxygens (including phenoxy) is 2. The van der Waals surface area contributed by atoms with Crippen molar-refractivity contribution in [2.24, 2.45) is 5.92 Å². The molecule has 1 aromatic carbocycles. The minimum absolute atomic E-state index is 0.0485. The van der Waals surface area contributed by atoms with Gasteiger partial charge in [-0.2, -0.15) is 0 Å². The van der Waals surface area contributed by atoms with Crippen LogP contribution in [0.1, 0.15) is 25.3 Å². The Morgan fingerprint density at radius 3 is 2.59 bits per heavy atom. The van der Waals surface area contributed by atoms with E-state index in [4.69, 9.17) is 9.47 Å². The van der Waals surface area contributed by atoms with Crippen molar-refractivity contribution < 1.29 is 24.3 Å². The van der Waals surface area contributed by atoms with Gasteiger partial charge in [0.25, 0.3) is 0 Å².